The van der Waals surface area contributed by atoms with Gasteiger partial charge in [0.05, 0.1) is 18.8 Å². The van der Waals surface area contributed by atoms with Crippen LogP contribution in [0.25, 0.3) is 0 Å². The fraction of sp³-hybridized carbons (Fsp3) is 0.400. The molecule has 0 atom stereocenters. The highest BCUT2D eigenvalue weighted by Crippen LogP contribution is 2.32. The van der Waals surface area contributed by atoms with Gasteiger partial charge in [0.15, 0.2) is 0 Å². The van der Waals surface area contributed by atoms with Gasteiger partial charge in [-0.05, 0) is 35.1 Å². The van der Waals surface area contributed by atoms with Crippen molar-refractivity contribution in [1.82, 2.24) is 10.3 Å². The highest BCUT2D eigenvalue weighted by Gasteiger charge is 2.14. The number of hydrogen-bond donors (Lipinski definition) is 2. The van der Waals surface area contributed by atoms with Crippen LogP contribution in [0.1, 0.15) is 56.4 Å². The lowest BCUT2D eigenvalue weighted by Crippen LogP contribution is -2.30. The number of carbonyl (C=O) groups excluding carboxylic acids is 1. The van der Waals surface area contributed by atoms with E-state index in [0.29, 0.717) is 18.4 Å². The van der Waals surface area contributed by atoms with Gasteiger partial charge in [0.2, 0.25) is 5.91 Å². The number of para-hydroxylation sites is 1. The molecule has 0 aliphatic heterocycles. The summed E-state index contributed by atoms with van der Waals surface area (Å²) in [7, 11) is 0. The van der Waals surface area contributed by atoms with Crippen molar-refractivity contribution >= 4 is 11.6 Å². The lowest BCUT2D eigenvalue weighted by Gasteiger charge is -2.20. The summed E-state index contributed by atoms with van der Waals surface area (Å²) in [6, 6.07) is 12.0. The average Bonchev–Trinajstić information content (AvgIpc) is 2.58. The third-order valence-electron chi connectivity index (χ3n) is 3.99. The van der Waals surface area contributed by atoms with Crippen molar-refractivity contribution in [3.8, 4) is 0 Å². The second-order valence-corrected chi connectivity index (χ2v) is 6.57. The Morgan fingerprint density at radius 1 is 1.00 bits per heavy atom. The quantitative estimate of drug-likeness (QED) is 0.807. The van der Waals surface area contributed by atoms with Crippen molar-refractivity contribution in [3.63, 3.8) is 0 Å². The number of anilines is 1. The molecule has 1 amide bonds. The maximum atomic E-state index is 12.2. The Hall–Kier alpha value is -2.36. The Kier molecular flexibility index (Phi) is 6.36. The minimum atomic E-state index is -0.0334. The van der Waals surface area contributed by atoms with Crippen LogP contribution in [-0.4, -0.2) is 17.4 Å². The van der Waals surface area contributed by atoms with Gasteiger partial charge < -0.3 is 10.6 Å². The zero-order valence-electron chi connectivity index (χ0n) is 15.0. The third kappa shape index (κ3) is 4.82. The molecule has 0 saturated carbocycles. The monoisotopic (exact) mass is 325 g/mol. The third-order valence-corrected chi connectivity index (χ3v) is 3.99. The second kappa shape index (κ2) is 8.48. The molecule has 128 valence electrons. The molecule has 0 aliphatic rings. The van der Waals surface area contributed by atoms with Crippen LogP contribution in [-0.2, 0) is 11.3 Å². The van der Waals surface area contributed by atoms with Crippen molar-refractivity contribution in [2.45, 2.75) is 46.1 Å². The number of carbonyl (C=O) groups is 1. The van der Waals surface area contributed by atoms with Crippen molar-refractivity contribution in [2.75, 3.05) is 11.9 Å². The predicted molar refractivity (Wildman–Crippen MR) is 99.2 cm³/mol. The summed E-state index contributed by atoms with van der Waals surface area (Å²) in [6.07, 6.45) is 1.73. The molecule has 0 aliphatic carbocycles. The summed E-state index contributed by atoms with van der Waals surface area (Å²) in [5, 5.41) is 6.25. The molecule has 4 heteroatoms. The van der Waals surface area contributed by atoms with Crippen molar-refractivity contribution < 1.29 is 4.79 Å². The molecule has 1 aromatic carbocycles. The normalized spacial score (nSPS) is 10.9. The molecule has 1 heterocycles. The first-order valence-corrected chi connectivity index (χ1v) is 8.52. The van der Waals surface area contributed by atoms with Gasteiger partial charge in [-0.25, -0.2) is 0 Å². The summed E-state index contributed by atoms with van der Waals surface area (Å²) in [5.41, 5.74) is 4.45. The smallest absolute Gasteiger partial charge is 0.239 e. The van der Waals surface area contributed by atoms with Crippen LogP contribution in [0.5, 0.6) is 0 Å². The van der Waals surface area contributed by atoms with Crippen LogP contribution in [0.3, 0.4) is 0 Å². The van der Waals surface area contributed by atoms with Gasteiger partial charge in [-0.2, -0.15) is 0 Å². The van der Waals surface area contributed by atoms with E-state index in [4.69, 9.17) is 0 Å². The lowest BCUT2D eigenvalue weighted by atomic mass is 9.92. The second-order valence-electron chi connectivity index (χ2n) is 6.57. The van der Waals surface area contributed by atoms with E-state index in [9.17, 15) is 4.79 Å². The van der Waals surface area contributed by atoms with E-state index in [2.05, 4.69) is 61.5 Å². The number of nitrogens with zero attached hydrogens (tertiary/aromatic N) is 1. The molecule has 0 bridgehead atoms. The van der Waals surface area contributed by atoms with Gasteiger partial charge in [-0.3, -0.25) is 9.78 Å². The molecule has 4 nitrogen and oxygen atoms in total. The van der Waals surface area contributed by atoms with E-state index >= 15 is 0 Å². The van der Waals surface area contributed by atoms with Crippen LogP contribution >= 0.6 is 0 Å². The summed E-state index contributed by atoms with van der Waals surface area (Å²) < 4.78 is 0. The SMILES string of the molecule is CC(C)c1cccc(C(C)C)c1NCC(=O)NCc1ccccn1. The molecular formula is C20H27N3O. The zero-order chi connectivity index (χ0) is 17.5. The summed E-state index contributed by atoms with van der Waals surface area (Å²) in [5.74, 6) is 0.777. The van der Waals surface area contributed by atoms with E-state index < -0.39 is 0 Å². The molecule has 2 rings (SSSR count). The minimum absolute atomic E-state index is 0.0334. The van der Waals surface area contributed by atoms with Crippen LogP contribution in [0, 0.1) is 0 Å². The van der Waals surface area contributed by atoms with Gasteiger partial charge in [0.25, 0.3) is 0 Å². The van der Waals surface area contributed by atoms with E-state index in [1.165, 1.54) is 11.1 Å². The summed E-state index contributed by atoms with van der Waals surface area (Å²) >= 11 is 0. The highest BCUT2D eigenvalue weighted by molar-refractivity contribution is 5.81. The number of rotatable bonds is 7. The molecule has 0 unspecified atom stereocenters. The Labute approximate surface area is 144 Å². The molecule has 1 aromatic heterocycles. The highest BCUT2D eigenvalue weighted by atomic mass is 16.1. The number of benzene rings is 1. The largest absolute Gasteiger partial charge is 0.376 e. The predicted octanol–water partition coefficient (Wildman–Crippen LogP) is 4.06. The first kappa shape index (κ1) is 18.0. The average molecular weight is 325 g/mol. The maximum absolute atomic E-state index is 12.2. The Morgan fingerprint density at radius 2 is 1.67 bits per heavy atom. The van der Waals surface area contributed by atoms with Gasteiger partial charge in [0.1, 0.15) is 0 Å². The number of nitrogens with one attached hydrogen (secondary N) is 2. The van der Waals surface area contributed by atoms with Crippen LogP contribution in [0.15, 0.2) is 42.6 Å². The van der Waals surface area contributed by atoms with Crippen molar-refractivity contribution in [3.05, 3.63) is 59.4 Å². The fourth-order valence-corrected chi connectivity index (χ4v) is 2.68. The fourth-order valence-electron chi connectivity index (χ4n) is 2.68. The van der Waals surface area contributed by atoms with Gasteiger partial charge in [-0.1, -0.05) is 52.0 Å². The topological polar surface area (TPSA) is 54.0 Å². The van der Waals surface area contributed by atoms with Gasteiger partial charge in [0, 0.05) is 11.9 Å². The van der Waals surface area contributed by atoms with Crippen molar-refractivity contribution in [2.24, 2.45) is 0 Å². The minimum Gasteiger partial charge on any atom is -0.376 e. The van der Waals surface area contributed by atoms with Crippen LogP contribution in [0.4, 0.5) is 5.69 Å². The molecule has 2 N–H and O–H groups in total. The van der Waals surface area contributed by atoms with E-state index in [-0.39, 0.29) is 12.5 Å². The summed E-state index contributed by atoms with van der Waals surface area (Å²) in [6.45, 7) is 9.40. The van der Waals surface area contributed by atoms with E-state index in [0.717, 1.165) is 11.4 Å². The number of aromatic nitrogens is 1. The molecule has 0 spiro atoms. The Balaban J connectivity index is 2.01. The molecule has 0 radical (unpaired) electrons. The number of amides is 1. The molecular weight excluding hydrogens is 298 g/mol. The number of pyridine rings is 1. The lowest BCUT2D eigenvalue weighted by molar-refractivity contribution is -0.119. The van der Waals surface area contributed by atoms with Crippen LogP contribution < -0.4 is 10.6 Å². The Morgan fingerprint density at radius 3 is 2.21 bits per heavy atom. The molecule has 24 heavy (non-hydrogen) atoms. The molecule has 0 saturated heterocycles. The summed E-state index contributed by atoms with van der Waals surface area (Å²) in [4.78, 5) is 16.4. The Bertz CT molecular complexity index is 640. The van der Waals surface area contributed by atoms with Gasteiger partial charge in [-0.15, -0.1) is 0 Å². The molecule has 2 aromatic rings. The first-order valence-electron chi connectivity index (χ1n) is 8.52. The number of hydrogen-bond acceptors (Lipinski definition) is 3. The van der Waals surface area contributed by atoms with Crippen molar-refractivity contribution in [1.29, 1.82) is 0 Å². The van der Waals surface area contributed by atoms with Crippen LogP contribution in [0.2, 0.25) is 0 Å². The standard InChI is InChI=1S/C20H27N3O/c1-14(2)17-9-7-10-18(15(3)4)20(17)23-13-19(24)22-12-16-8-5-6-11-21-16/h5-11,14-15,23H,12-13H2,1-4H3,(H,22,24). The maximum Gasteiger partial charge on any atom is 0.239 e. The van der Waals surface area contributed by atoms with Gasteiger partial charge >= 0.3 is 0 Å². The zero-order valence-corrected chi connectivity index (χ0v) is 15.0. The first-order chi connectivity index (χ1) is 11.5. The molecule has 0 fully saturated rings. The van der Waals surface area contributed by atoms with E-state index in [1.54, 1.807) is 6.20 Å². The van der Waals surface area contributed by atoms with E-state index in [1.807, 2.05) is 18.2 Å².